The molecule has 0 aliphatic carbocycles. The maximum Gasteiger partial charge on any atom is 0.224 e. The molecule has 0 spiro atoms. The predicted octanol–water partition coefficient (Wildman–Crippen LogP) is 4.48. The van der Waals surface area contributed by atoms with E-state index in [9.17, 15) is 4.79 Å². The van der Waals surface area contributed by atoms with Gasteiger partial charge in [-0.2, -0.15) is 0 Å². The van der Waals surface area contributed by atoms with Crippen LogP contribution < -0.4 is 9.64 Å². The summed E-state index contributed by atoms with van der Waals surface area (Å²) >= 11 is 0. The molecule has 3 aromatic rings. The molecule has 1 aromatic carbocycles. The Kier molecular flexibility index (Phi) is 4.60. The van der Waals surface area contributed by atoms with Gasteiger partial charge in [-0.3, -0.25) is 4.79 Å². The zero-order valence-electron chi connectivity index (χ0n) is 16.1. The van der Waals surface area contributed by atoms with Crippen LogP contribution in [-0.2, 0) is 11.2 Å². The molecule has 27 heavy (non-hydrogen) atoms. The second-order valence-electron chi connectivity index (χ2n) is 7.16. The molecule has 0 N–H and O–H groups in total. The summed E-state index contributed by atoms with van der Waals surface area (Å²) in [4.78, 5) is 18.9. The molecule has 140 valence electrons. The highest BCUT2D eigenvalue weighted by Crippen LogP contribution is 2.42. The van der Waals surface area contributed by atoms with Crippen molar-refractivity contribution >= 4 is 17.2 Å². The summed E-state index contributed by atoms with van der Waals surface area (Å²) in [5.41, 5.74) is 4.88. The summed E-state index contributed by atoms with van der Waals surface area (Å²) in [7, 11) is 0. The van der Waals surface area contributed by atoms with E-state index in [4.69, 9.17) is 9.72 Å². The third kappa shape index (κ3) is 3.07. The number of benzene rings is 1. The molecule has 0 radical (unpaired) electrons. The van der Waals surface area contributed by atoms with E-state index in [-0.39, 0.29) is 11.9 Å². The highest BCUT2D eigenvalue weighted by molar-refractivity contribution is 5.95. The summed E-state index contributed by atoms with van der Waals surface area (Å²) < 4.78 is 8.23. The number of amides is 1. The first-order chi connectivity index (χ1) is 13.1. The van der Waals surface area contributed by atoms with Gasteiger partial charge in [0.05, 0.1) is 18.0 Å². The van der Waals surface area contributed by atoms with Gasteiger partial charge < -0.3 is 14.0 Å². The Morgan fingerprint density at radius 1 is 1.30 bits per heavy atom. The van der Waals surface area contributed by atoms with E-state index in [0.29, 0.717) is 6.61 Å². The standard InChI is InChI=1S/C22H25N3O2/c1-4-13-27-22-17(19-14-24-12-6-5-7-21(24)23-19)10-11-20-18(22)9-8-15(2)25(20)16(3)26/h5-7,10-12,14-15H,4,8-9,13H2,1-3H3/t15-/m0/s1. The minimum absolute atomic E-state index is 0.0744. The molecular weight excluding hydrogens is 338 g/mol. The molecule has 5 heteroatoms. The smallest absolute Gasteiger partial charge is 0.224 e. The van der Waals surface area contributed by atoms with Crippen LogP contribution in [0, 0.1) is 0 Å². The fourth-order valence-corrected chi connectivity index (χ4v) is 3.92. The Balaban J connectivity index is 1.88. The molecular formula is C22H25N3O2. The summed E-state index contributed by atoms with van der Waals surface area (Å²) in [6.07, 6.45) is 6.80. The van der Waals surface area contributed by atoms with Crippen LogP contribution in [0.2, 0.25) is 0 Å². The molecule has 1 amide bonds. The number of hydrogen-bond acceptors (Lipinski definition) is 3. The van der Waals surface area contributed by atoms with Gasteiger partial charge >= 0.3 is 0 Å². The maximum atomic E-state index is 12.2. The Morgan fingerprint density at radius 3 is 2.89 bits per heavy atom. The second-order valence-corrected chi connectivity index (χ2v) is 7.16. The van der Waals surface area contributed by atoms with Crippen LogP contribution in [-0.4, -0.2) is 27.9 Å². The number of ether oxygens (including phenoxy) is 1. The molecule has 1 aliphatic heterocycles. The first kappa shape index (κ1) is 17.6. The average molecular weight is 363 g/mol. The molecule has 5 nitrogen and oxygen atoms in total. The highest BCUT2D eigenvalue weighted by Gasteiger charge is 2.30. The molecule has 1 atom stereocenters. The van der Waals surface area contributed by atoms with E-state index < -0.39 is 0 Å². The van der Waals surface area contributed by atoms with Gasteiger partial charge in [-0.25, -0.2) is 4.98 Å². The van der Waals surface area contributed by atoms with Crippen LogP contribution in [0.15, 0.2) is 42.7 Å². The monoisotopic (exact) mass is 363 g/mol. The van der Waals surface area contributed by atoms with Gasteiger partial charge in [0.15, 0.2) is 0 Å². The van der Waals surface area contributed by atoms with Crippen LogP contribution in [0.25, 0.3) is 16.9 Å². The third-order valence-electron chi connectivity index (χ3n) is 5.18. The molecule has 0 fully saturated rings. The van der Waals surface area contributed by atoms with Crippen molar-refractivity contribution in [2.75, 3.05) is 11.5 Å². The predicted molar refractivity (Wildman–Crippen MR) is 107 cm³/mol. The first-order valence-electron chi connectivity index (χ1n) is 9.62. The number of carbonyl (C=O) groups excluding carboxylic acids is 1. The lowest BCUT2D eigenvalue weighted by atomic mass is 9.93. The van der Waals surface area contributed by atoms with Crippen molar-refractivity contribution in [1.82, 2.24) is 9.38 Å². The number of aromatic nitrogens is 2. The van der Waals surface area contributed by atoms with Gasteiger partial charge in [-0.1, -0.05) is 13.0 Å². The van der Waals surface area contributed by atoms with Gasteiger partial charge in [-0.05, 0) is 50.5 Å². The van der Waals surface area contributed by atoms with Crippen molar-refractivity contribution in [3.05, 3.63) is 48.3 Å². The van der Waals surface area contributed by atoms with Gasteiger partial charge in [0, 0.05) is 36.5 Å². The lowest BCUT2D eigenvalue weighted by Gasteiger charge is -2.35. The number of anilines is 1. The average Bonchev–Trinajstić information content (AvgIpc) is 3.09. The van der Waals surface area contributed by atoms with Gasteiger partial charge in [0.2, 0.25) is 5.91 Å². The zero-order valence-corrected chi connectivity index (χ0v) is 16.1. The minimum Gasteiger partial charge on any atom is -0.493 e. The van der Waals surface area contributed by atoms with E-state index in [1.807, 2.05) is 52.0 Å². The number of pyridine rings is 1. The Hall–Kier alpha value is -2.82. The van der Waals surface area contributed by atoms with Crippen LogP contribution in [0.1, 0.15) is 39.2 Å². The SMILES string of the molecule is CCCOc1c(-c2cn3ccccc3n2)ccc2c1CC[C@H](C)N2C(C)=O. The number of imidazole rings is 1. The van der Waals surface area contributed by atoms with Crippen LogP contribution in [0.5, 0.6) is 5.75 Å². The molecule has 4 rings (SSSR count). The molecule has 1 aliphatic rings. The molecule has 0 saturated carbocycles. The quantitative estimate of drug-likeness (QED) is 0.687. The number of hydrogen-bond donors (Lipinski definition) is 0. The fraction of sp³-hybridized carbons (Fsp3) is 0.364. The Morgan fingerprint density at radius 2 is 2.15 bits per heavy atom. The Bertz CT molecular complexity index is 959. The Labute approximate surface area is 159 Å². The lowest BCUT2D eigenvalue weighted by molar-refractivity contribution is -0.117. The summed E-state index contributed by atoms with van der Waals surface area (Å²) in [5, 5.41) is 0. The van der Waals surface area contributed by atoms with E-state index >= 15 is 0 Å². The number of fused-ring (bicyclic) bond motifs is 2. The second kappa shape index (κ2) is 7.06. The van der Waals surface area contributed by atoms with Crippen molar-refractivity contribution in [3.8, 4) is 17.0 Å². The largest absolute Gasteiger partial charge is 0.493 e. The normalized spacial score (nSPS) is 16.4. The van der Waals surface area contributed by atoms with Crippen LogP contribution in [0.3, 0.4) is 0 Å². The number of rotatable bonds is 4. The van der Waals surface area contributed by atoms with Gasteiger partial charge in [0.1, 0.15) is 11.4 Å². The summed E-state index contributed by atoms with van der Waals surface area (Å²) in [5.74, 6) is 0.946. The number of carbonyl (C=O) groups is 1. The highest BCUT2D eigenvalue weighted by atomic mass is 16.5. The number of nitrogens with zero attached hydrogens (tertiary/aromatic N) is 3. The van der Waals surface area contributed by atoms with E-state index in [1.165, 1.54) is 0 Å². The zero-order chi connectivity index (χ0) is 19.0. The van der Waals surface area contributed by atoms with Crippen LogP contribution in [0.4, 0.5) is 5.69 Å². The van der Waals surface area contributed by atoms with Gasteiger partial charge in [0.25, 0.3) is 0 Å². The maximum absolute atomic E-state index is 12.2. The first-order valence-corrected chi connectivity index (χ1v) is 9.62. The van der Waals surface area contributed by atoms with Crippen molar-refractivity contribution in [1.29, 1.82) is 0 Å². The fourth-order valence-electron chi connectivity index (χ4n) is 3.92. The van der Waals surface area contributed by atoms with Crippen molar-refractivity contribution in [2.24, 2.45) is 0 Å². The summed E-state index contributed by atoms with van der Waals surface area (Å²) in [6, 6.07) is 10.3. The van der Waals surface area contributed by atoms with E-state index in [1.54, 1.807) is 6.92 Å². The third-order valence-corrected chi connectivity index (χ3v) is 5.18. The molecule has 0 unspecified atom stereocenters. The van der Waals surface area contributed by atoms with Crippen molar-refractivity contribution in [2.45, 2.75) is 46.1 Å². The molecule has 3 heterocycles. The molecule has 2 aromatic heterocycles. The molecule has 0 saturated heterocycles. The minimum atomic E-state index is 0.0744. The topological polar surface area (TPSA) is 46.8 Å². The van der Waals surface area contributed by atoms with E-state index in [0.717, 1.165) is 53.2 Å². The van der Waals surface area contributed by atoms with Gasteiger partial charge in [-0.15, -0.1) is 0 Å². The van der Waals surface area contributed by atoms with Crippen molar-refractivity contribution < 1.29 is 9.53 Å². The van der Waals surface area contributed by atoms with Crippen molar-refractivity contribution in [3.63, 3.8) is 0 Å². The summed E-state index contributed by atoms with van der Waals surface area (Å²) in [6.45, 7) is 6.48. The lowest BCUT2D eigenvalue weighted by Crippen LogP contribution is -2.40. The van der Waals surface area contributed by atoms with Crippen LogP contribution >= 0.6 is 0 Å². The molecule has 0 bridgehead atoms. The van der Waals surface area contributed by atoms with E-state index in [2.05, 4.69) is 13.8 Å².